The highest BCUT2D eigenvalue weighted by Crippen LogP contribution is 2.32. The number of nitrogens with zero attached hydrogens (tertiary/aromatic N) is 1. The van der Waals surface area contributed by atoms with Gasteiger partial charge in [-0.15, -0.1) is 0 Å². The van der Waals surface area contributed by atoms with Crippen LogP contribution in [0.1, 0.15) is 21.5 Å². The molecule has 0 aliphatic carbocycles. The van der Waals surface area contributed by atoms with Gasteiger partial charge in [-0.25, -0.2) is 5.43 Å². The van der Waals surface area contributed by atoms with Crippen LogP contribution in [-0.2, 0) is 6.61 Å². The average Bonchev–Trinajstić information content (AvgIpc) is 3.22. The summed E-state index contributed by atoms with van der Waals surface area (Å²) in [5.41, 5.74) is 4.68. The number of hydrogen-bond acceptors (Lipinski definition) is 5. The molecule has 6 nitrogen and oxygen atoms in total. The highest BCUT2D eigenvalue weighted by Gasteiger charge is 2.15. The Labute approximate surface area is 172 Å². The topological polar surface area (TPSA) is 69.2 Å². The fraction of sp³-hybridized carbons (Fsp3) is 0.0909. The molecular weight excluding hydrogens is 392 g/mol. The first-order valence-electron chi connectivity index (χ1n) is 8.88. The number of benzene rings is 3. The Hall–Kier alpha value is -3.51. The molecule has 0 spiro atoms. The van der Waals surface area contributed by atoms with Crippen molar-refractivity contribution in [1.29, 1.82) is 0 Å². The van der Waals surface area contributed by atoms with Crippen LogP contribution < -0.4 is 19.6 Å². The van der Waals surface area contributed by atoms with Crippen molar-refractivity contribution in [2.45, 2.75) is 6.61 Å². The summed E-state index contributed by atoms with van der Waals surface area (Å²) < 4.78 is 16.2. The van der Waals surface area contributed by atoms with Gasteiger partial charge < -0.3 is 14.2 Å². The van der Waals surface area contributed by atoms with E-state index in [1.54, 1.807) is 24.4 Å². The molecule has 1 aliphatic rings. The first-order chi connectivity index (χ1) is 14.2. The zero-order chi connectivity index (χ0) is 20.1. The Morgan fingerprint density at radius 1 is 1.07 bits per heavy atom. The molecule has 4 rings (SSSR count). The van der Waals surface area contributed by atoms with Gasteiger partial charge in [0.2, 0.25) is 6.79 Å². The second-order valence-electron chi connectivity index (χ2n) is 6.22. The minimum Gasteiger partial charge on any atom is -0.489 e. The molecule has 3 aromatic rings. The van der Waals surface area contributed by atoms with E-state index in [9.17, 15) is 4.79 Å². The number of hydrogen-bond donors (Lipinski definition) is 1. The predicted molar refractivity (Wildman–Crippen MR) is 110 cm³/mol. The van der Waals surface area contributed by atoms with Gasteiger partial charge in [0, 0.05) is 16.1 Å². The Morgan fingerprint density at radius 3 is 2.69 bits per heavy atom. The van der Waals surface area contributed by atoms with E-state index < -0.39 is 0 Å². The SMILES string of the molecule is O=C(N/N=C\c1ccc(OCc2ccccc2Cl)cc1)c1ccc2c(c1)OCO2. The monoisotopic (exact) mass is 408 g/mol. The second kappa shape index (κ2) is 8.67. The lowest BCUT2D eigenvalue weighted by Crippen LogP contribution is -2.17. The fourth-order valence-corrected chi connectivity index (χ4v) is 2.88. The third kappa shape index (κ3) is 4.67. The summed E-state index contributed by atoms with van der Waals surface area (Å²) in [6.45, 7) is 0.551. The number of hydrazone groups is 1. The summed E-state index contributed by atoms with van der Waals surface area (Å²) in [7, 11) is 0. The zero-order valence-corrected chi connectivity index (χ0v) is 16.1. The number of carbonyl (C=O) groups excluding carboxylic acids is 1. The average molecular weight is 409 g/mol. The molecule has 0 atom stereocenters. The Kier molecular flexibility index (Phi) is 5.63. The molecule has 1 aliphatic heterocycles. The first kappa shape index (κ1) is 18.8. The van der Waals surface area contributed by atoms with Crippen LogP contribution in [0.15, 0.2) is 71.8 Å². The van der Waals surface area contributed by atoms with Gasteiger partial charge in [-0.05, 0) is 54.1 Å². The normalized spacial score (nSPS) is 12.2. The van der Waals surface area contributed by atoms with Crippen LogP contribution >= 0.6 is 11.6 Å². The minimum atomic E-state index is -0.334. The van der Waals surface area contributed by atoms with Crippen molar-refractivity contribution in [3.8, 4) is 17.2 Å². The fourth-order valence-electron chi connectivity index (χ4n) is 2.69. The molecule has 1 heterocycles. The van der Waals surface area contributed by atoms with Crippen LogP contribution in [0.25, 0.3) is 0 Å². The molecule has 3 aromatic carbocycles. The molecule has 0 fully saturated rings. The van der Waals surface area contributed by atoms with Crippen LogP contribution in [0.4, 0.5) is 0 Å². The molecular formula is C22H17ClN2O4. The maximum absolute atomic E-state index is 12.2. The number of amides is 1. The van der Waals surface area contributed by atoms with Gasteiger partial charge in [0.05, 0.1) is 6.21 Å². The molecule has 146 valence electrons. The van der Waals surface area contributed by atoms with E-state index in [1.165, 1.54) is 0 Å². The third-order valence-corrected chi connectivity index (χ3v) is 4.62. The van der Waals surface area contributed by atoms with E-state index in [-0.39, 0.29) is 12.7 Å². The third-order valence-electron chi connectivity index (χ3n) is 4.25. The molecule has 29 heavy (non-hydrogen) atoms. The van der Waals surface area contributed by atoms with Crippen LogP contribution in [0.3, 0.4) is 0 Å². The van der Waals surface area contributed by atoms with Crippen molar-refractivity contribution in [3.63, 3.8) is 0 Å². The highest BCUT2D eigenvalue weighted by molar-refractivity contribution is 6.31. The molecule has 0 bridgehead atoms. The lowest BCUT2D eigenvalue weighted by Gasteiger charge is -2.07. The second-order valence-corrected chi connectivity index (χ2v) is 6.62. The van der Waals surface area contributed by atoms with Crippen molar-refractivity contribution in [2.24, 2.45) is 5.10 Å². The van der Waals surface area contributed by atoms with E-state index in [0.29, 0.717) is 34.4 Å². The molecule has 1 amide bonds. The molecule has 0 unspecified atom stereocenters. The van der Waals surface area contributed by atoms with Crippen molar-refractivity contribution >= 4 is 23.7 Å². The molecule has 1 N–H and O–H groups in total. The molecule has 0 saturated heterocycles. The Bertz CT molecular complexity index is 1050. The van der Waals surface area contributed by atoms with Crippen molar-refractivity contribution in [1.82, 2.24) is 5.43 Å². The zero-order valence-electron chi connectivity index (χ0n) is 15.3. The first-order valence-corrected chi connectivity index (χ1v) is 9.26. The lowest BCUT2D eigenvalue weighted by molar-refractivity contribution is 0.0954. The smallest absolute Gasteiger partial charge is 0.271 e. The number of fused-ring (bicyclic) bond motifs is 1. The Balaban J connectivity index is 1.31. The number of ether oxygens (including phenoxy) is 3. The summed E-state index contributed by atoms with van der Waals surface area (Å²) in [4.78, 5) is 12.2. The minimum absolute atomic E-state index is 0.163. The van der Waals surface area contributed by atoms with Gasteiger partial charge in [0.1, 0.15) is 12.4 Å². The van der Waals surface area contributed by atoms with E-state index in [0.717, 1.165) is 11.1 Å². The summed E-state index contributed by atoms with van der Waals surface area (Å²) in [6, 6.07) is 19.9. The van der Waals surface area contributed by atoms with Crippen LogP contribution in [0.5, 0.6) is 17.2 Å². The van der Waals surface area contributed by atoms with Crippen molar-refractivity contribution in [3.05, 3.63) is 88.4 Å². The van der Waals surface area contributed by atoms with Gasteiger partial charge in [-0.2, -0.15) is 5.10 Å². The van der Waals surface area contributed by atoms with Gasteiger partial charge in [-0.1, -0.05) is 29.8 Å². The Morgan fingerprint density at radius 2 is 1.86 bits per heavy atom. The lowest BCUT2D eigenvalue weighted by atomic mass is 10.2. The maximum atomic E-state index is 12.2. The van der Waals surface area contributed by atoms with Crippen molar-refractivity contribution in [2.75, 3.05) is 6.79 Å². The number of rotatable bonds is 6. The van der Waals surface area contributed by atoms with Crippen LogP contribution in [0.2, 0.25) is 5.02 Å². The number of nitrogens with one attached hydrogen (secondary N) is 1. The van der Waals surface area contributed by atoms with Crippen molar-refractivity contribution < 1.29 is 19.0 Å². The van der Waals surface area contributed by atoms with Crippen LogP contribution in [-0.4, -0.2) is 18.9 Å². The highest BCUT2D eigenvalue weighted by atomic mass is 35.5. The molecule has 0 aromatic heterocycles. The van der Waals surface area contributed by atoms with Crippen LogP contribution in [0, 0.1) is 0 Å². The molecule has 7 heteroatoms. The van der Waals surface area contributed by atoms with Gasteiger partial charge in [0.15, 0.2) is 11.5 Å². The maximum Gasteiger partial charge on any atom is 0.271 e. The molecule has 0 radical (unpaired) electrons. The summed E-state index contributed by atoms with van der Waals surface area (Å²) in [6.07, 6.45) is 1.56. The summed E-state index contributed by atoms with van der Waals surface area (Å²) >= 11 is 6.13. The number of halogens is 1. The molecule has 0 saturated carbocycles. The largest absolute Gasteiger partial charge is 0.489 e. The van der Waals surface area contributed by atoms with E-state index in [4.69, 9.17) is 25.8 Å². The van der Waals surface area contributed by atoms with E-state index >= 15 is 0 Å². The van der Waals surface area contributed by atoms with Gasteiger partial charge >= 0.3 is 0 Å². The van der Waals surface area contributed by atoms with E-state index in [2.05, 4.69) is 10.5 Å². The number of carbonyl (C=O) groups is 1. The van der Waals surface area contributed by atoms with E-state index in [1.807, 2.05) is 48.5 Å². The standard InChI is InChI=1S/C22H17ClN2O4/c23-19-4-2-1-3-17(19)13-27-18-8-5-15(6-9-18)12-24-25-22(26)16-7-10-20-21(11-16)29-14-28-20/h1-12H,13-14H2,(H,25,26)/b24-12-. The summed E-state index contributed by atoms with van der Waals surface area (Å²) in [5, 5.41) is 4.67. The summed E-state index contributed by atoms with van der Waals surface area (Å²) in [5.74, 6) is 1.56. The quantitative estimate of drug-likeness (QED) is 0.484. The predicted octanol–water partition coefficient (Wildman–Crippen LogP) is 4.41. The van der Waals surface area contributed by atoms with Gasteiger partial charge in [0.25, 0.3) is 5.91 Å². The van der Waals surface area contributed by atoms with Gasteiger partial charge in [-0.3, -0.25) is 4.79 Å².